The zero-order valence-corrected chi connectivity index (χ0v) is 24.8. The zero-order chi connectivity index (χ0) is 29.5. The molecule has 1 N–H and O–H groups in total. The number of methoxy groups -OCH3 is 1. The van der Waals surface area contributed by atoms with Crippen molar-refractivity contribution in [3.8, 4) is 0 Å². The number of rotatable bonds is 4. The number of nitrogens with one attached hydrogen (secondary N) is 1. The van der Waals surface area contributed by atoms with Crippen molar-refractivity contribution >= 4 is 51.8 Å². The molecule has 10 heteroatoms. The number of likely N-dealkylation sites (tertiary alicyclic amines) is 1. The van der Waals surface area contributed by atoms with Gasteiger partial charge < -0.3 is 14.6 Å². The van der Waals surface area contributed by atoms with Crippen LogP contribution in [-0.4, -0.2) is 46.0 Å². The number of nitrogens with zero attached hydrogens (tertiary/aromatic N) is 3. The number of aryl methyl sites for hydroxylation is 1. The molecule has 3 aliphatic heterocycles. The zero-order valence-electron chi connectivity index (χ0n) is 23.3. The van der Waals surface area contributed by atoms with Crippen LogP contribution in [0.25, 0.3) is 11.0 Å². The molecule has 42 heavy (non-hydrogen) atoms. The van der Waals surface area contributed by atoms with E-state index in [-0.39, 0.29) is 28.8 Å². The second kappa shape index (κ2) is 9.79. The van der Waals surface area contributed by atoms with Gasteiger partial charge in [0.05, 0.1) is 28.7 Å². The molecule has 4 heterocycles. The van der Waals surface area contributed by atoms with E-state index in [1.165, 1.54) is 13.2 Å². The molecule has 1 aromatic heterocycles. The maximum Gasteiger partial charge on any atom is 0.337 e. The first-order valence-corrected chi connectivity index (χ1v) is 14.8. The average Bonchev–Trinajstić information content (AvgIpc) is 3.57. The van der Waals surface area contributed by atoms with Gasteiger partial charge in [0.15, 0.2) is 0 Å². The summed E-state index contributed by atoms with van der Waals surface area (Å²) in [5.74, 6) is -1.22. The summed E-state index contributed by atoms with van der Waals surface area (Å²) in [5.41, 5.74) is 2.47. The van der Waals surface area contributed by atoms with Gasteiger partial charge in [-0.15, -0.1) is 0 Å². The number of carbonyl (C=O) groups excluding carboxylic acids is 2. The van der Waals surface area contributed by atoms with E-state index in [4.69, 9.17) is 32.9 Å². The molecule has 7 nitrogen and oxygen atoms in total. The Hall–Kier alpha value is -3.46. The lowest BCUT2D eigenvalue weighted by Crippen LogP contribution is -2.53. The topological polar surface area (TPSA) is 76.5 Å². The first-order chi connectivity index (χ1) is 20.2. The lowest BCUT2D eigenvalue weighted by atomic mass is 9.70. The molecule has 1 saturated heterocycles. The van der Waals surface area contributed by atoms with E-state index in [1.54, 1.807) is 36.4 Å². The van der Waals surface area contributed by atoms with Crippen LogP contribution < -0.4 is 5.32 Å². The highest BCUT2D eigenvalue weighted by Crippen LogP contribution is 2.64. The van der Waals surface area contributed by atoms with Gasteiger partial charge in [-0.05, 0) is 54.3 Å². The number of fused-ring (bicyclic) bond motifs is 7. The molecule has 1 amide bonds. The summed E-state index contributed by atoms with van der Waals surface area (Å²) < 4.78 is 23.3. The summed E-state index contributed by atoms with van der Waals surface area (Å²) in [6.45, 7) is 5.52. The van der Waals surface area contributed by atoms with Crippen LogP contribution >= 0.6 is 23.2 Å². The molecule has 7 rings (SSSR count). The second-order valence-corrected chi connectivity index (χ2v) is 12.6. The number of anilines is 1. The molecular formula is C32H29Cl2FN4O3. The first-order valence-electron chi connectivity index (χ1n) is 14.1. The van der Waals surface area contributed by atoms with Gasteiger partial charge in [-0.25, -0.2) is 14.2 Å². The van der Waals surface area contributed by atoms with Crippen LogP contribution in [0.5, 0.6) is 0 Å². The summed E-state index contributed by atoms with van der Waals surface area (Å²) in [4.78, 5) is 34.2. The lowest BCUT2D eigenvalue weighted by molar-refractivity contribution is -0.128. The van der Waals surface area contributed by atoms with Crippen molar-refractivity contribution in [1.29, 1.82) is 0 Å². The van der Waals surface area contributed by atoms with E-state index in [0.717, 1.165) is 23.3 Å². The van der Waals surface area contributed by atoms with Crippen molar-refractivity contribution in [2.75, 3.05) is 19.0 Å². The summed E-state index contributed by atoms with van der Waals surface area (Å²) >= 11 is 12.8. The van der Waals surface area contributed by atoms with E-state index in [2.05, 4.69) is 28.6 Å². The van der Waals surface area contributed by atoms with Gasteiger partial charge in [0, 0.05) is 47.2 Å². The van der Waals surface area contributed by atoms with E-state index >= 15 is 4.39 Å². The van der Waals surface area contributed by atoms with Gasteiger partial charge >= 0.3 is 5.97 Å². The number of imidazole rings is 1. The monoisotopic (exact) mass is 606 g/mol. The Balaban J connectivity index is 1.54. The van der Waals surface area contributed by atoms with Gasteiger partial charge in [0.25, 0.3) is 0 Å². The fourth-order valence-electron chi connectivity index (χ4n) is 7.65. The van der Waals surface area contributed by atoms with Crippen LogP contribution in [0.1, 0.15) is 59.4 Å². The summed E-state index contributed by atoms with van der Waals surface area (Å²) in [7, 11) is 1.35. The maximum absolute atomic E-state index is 16.2. The minimum Gasteiger partial charge on any atom is -0.465 e. The fourth-order valence-corrected chi connectivity index (χ4v) is 8.01. The Morgan fingerprint density at radius 2 is 2.00 bits per heavy atom. The van der Waals surface area contributed by atoms with Crippen molar-refractivity contribution in [2.45, 2.75) is 50.2 Å². The molecule has 3 aromatic carbocycles. The predicted octanol–water partition coefficient (Wildman–Crippen LogP) is 6.73. The molecule has 0 unspecified atom stereocenters. The summed E-state index contributed by atoms with van der Waals surface area (Å²) in [6.07, 6.45) is 0.727. The molecule has 4 aromatic rings. The van der Waals surface area contributed by atoms with Crippen molar-refractivity contribution in [3.05, 3.63) is 93.0 Å². The van der Waals surface area contributed by atoms with Gasteiger partial charge in [-0.2, -0.15) is 0 Å². The van der Waals surface area contributed by atoms with E-state index in [1.807, 2.05) is 12.1 Å². The Bertz CT molecular complexity index is 1790. The number of carbonyl (C=O) groups is 2. The normalized spacial score (nSPS) is 24.6. The first kappa shape index (κ1) is 27.4. The Morgan fingerprint density at radius 3 is 2.76 bits per heavy atom. The molecule has 1 fully saturated rings. The number of hydrogen-bond acceptors (Lipinski definition) is 5. The van der Waals surface area contributed by atoms with Crippen molar-refractivity contribution in [2.24, 2.45) is 5.92 Å². The largest absolute Gasteiger partial charge is 0.465 e. The standard InChI is InChI=1S/C32H29Cl2FN4O3/c1-16(2)15-39-25-11-12-38-24-10-7-17(30(40)42-3)13-23(24)36-29(38)26(25)27(19-5-4-6-21(34)28(19)35)32(39)20-9-8-18(33)14-22(20)37-31(32)41/h4-10,13-14,16,25-27H,11-12,15H2,1-3H3,(H,37,41)/t25-,26+,27-,32+/m0/s1. The molecule has 1 spiro atoms. The van der Waals surface area contributed by atoms with E-state index in [0.29, 0.717) is 40.4 Å². The van der Waals surface area contributed by atoms with Crippen molar-refractivity contribution < 1.29 is 18.7 Å². The number of hydrogen-bond donors (Lipinski definition) is 1. The van der Waals surface area contributed by atoms with Gasteiger partial charge in [-0.1, -0.05) is 55.2 Å². The molecular weight excluding hydrogens is 578 g/mol. The van der Waals surface area contributed by atoms with Crippen LogP contribution in [0, 0.1) is 11.7 Å². The SMILES string of the molecule is COC(=O)c1ccc2c(c1)nc1n2CC[C@H]2[C@@H]1[C@H](c1cccc(Cl)c1F)[C@]1(C(=O)Nc3cc(Cl)ccc31)N2CC(C)C. The molecule has 4 atom stereocenters. The second-order valence-electron chi connectivity index (χ2n) is 11.8. The van der Waals surface area contributed by atoms with Crippen LogP contribution in [0.15, 0.2) is 54.6 Å². The number of halogens is 3. The maximum atomic E-state index is 16.2. The number of benzene rings is 3. The van der Waals surface area contributed by atoms with Gasteiger partial charge in [0.1, 0.15) is 17.2 Å². The van der Waals surface area contributed by atoms with E-state index in [9.17, 15) is 9.59 Å². The molecule has 0 radical (unpaired) electrons. The number of ether oxygens (including phenoxy) is 1. The Morgan fingerprint density at radius 1 is 1.19 bits per heavy atom. The lowest BCUT2D eigenvalue weighted by Gasteiger charge is -2.40. The third-order valence-corrected chi connectivity index (χ3v) is 9.61. The van der Waals surface area contributed by atoms with Gasteiger partial charge in [-0.3, -0.25) is 9.69 Å². The van der Waals surface area contributed by atoms with Crippen LogP contribution in [0.4, 0.5) is 10.1 Å². The Kier molecular flexibility index (Phi) is 6.38. The minimum absolute atomic E-state index is 0.00303. The third kappa shape index (κ3) is 3.71. The fraction of sp³-hybridized carbons (Fsp3) is 0.344. The minimum atomic E-state index is -1.23. The third-order valence-electron chi connectivity index (χ3n) is 9.09. The quantitative estimate of drug-likeness (QED) is 0.261. The van der Waals surface area contributed by atoms with Crippen molar-refractivity contribution in [3.63, 3.8) is 0 Å². The predicted molar refractivity (Wildman–Crippen MR) is 160 cm³/mol. The summed E-state index contributed by atoms with van der Waals surface area (Å²) in [6, 6.07) is 15.7. The highest BCUT2D eigenvalue weighted by molar-refractivity contribution is 6.31. The Labute approximate surface area is 252 Å². The molecule has 3 aliphatic rings. The number of amides is 1. The molecule has 0 saturated carbocycles. The number of esters is 1. The molecule has 216 valence electrons. The highest BCUT2D eigenvalue weighted by atomic mass is 35.5. The van der Waals surface area contributed by atoms with Crippen LogP contribution in [0.3, 0.4) is 0 Å². The highest BCUT2D eigenvalue weighted by Gasteiger charge is 2.68. The average molecular weight is 608 g/mol. The van der Waals surface area contributed by atoms with Gasteiger partial charge in [0.2, 0.25) is 5.91 Å². The summed E-state index contributed by atoms with van der Waals surface area (Å²) in [5, 5.41) is 3.60. The van der Waals surface area contributed by atoms with Crippen molar-refractivity contribution in [1.82, 2.24) is 14.5 Å². The molecule has 0 bridgehead atoms. The van der Waals surface area contributed by atoms with Crippen LogP contribution in [-0.2, 0) is 21.6 Å². The van der Waals surface area contributed by atoms with Crippen LogP contribution in [0.2, 0.25) is 10.0 Å². The molecule has 0 aliphatic carbocycles. The number of aromatic nitrogens is 2. The smallest absolute Gasteiger partial charge is 0.337 e. The van der Waals surface area contributed by atoms with E-state index < -0.39 is 23.2 Å².